The number of benzene rings is 1. The van der Waals surface area contributed by atoms with Crippen molar-refractivity contribution in [2.75, 3.05) is 6.54 Å². The van der Waals surface area contributed by atoms with Gasteiger partial charge in [-0.15, -0.1) is 0 Å². The summed E-state index contributed by atoms with van der Waals surface area (Å²) in [4.78, 5) is 19.9. The summed E-state index contributed by atoms with van der Waals surface area (Å²) in [6.07, 6.45) is 1.17. The van der Waals surface area contributed by atoms with Gasteiger partial charge in [0.2, 0.25) is 5.91 Å². The third kappa shape index (κ3) is 2.91. The molecular weight excluding hydrogens is 268 g/mol. The Morgan fingerprint density at radius 3 is 3.05 bits per heavy atom. The van der Waals surface area contributed by atoms with Crippen molar-refractivity contribution in [3.05, 3.63) is 30.1 Å². The van der Waals surface area contributed by atoms with E-state index in [-0.39, 0.29) is 18.1 Å². The van der Waals surface area contributed by atoms with Crippen molar-refractivity contribution in [2.24, 2.45) is 5.73 Å². The molecule has 6 heteroatoms. The van der Waals surface area contributed by atoms with Crippen LogP contribution in [0.15, 0.2) is 24.3 Å². The average molecular weight is 288 g/mol. The summed E-state index contributed by atoms with van der Waals surface area (Å²) < 4.78 is 5.60. The number of para-hydroxylation sites is 2. The van der Waals surface area contributed by atoms with E-state index >= 15 is 0 Å². The van der Waals surface area contributed by atoms with E-state index in [0.717, 1.165) is 29.7 Å². The minimum atomic E-state index is -0.398. The van der Waals surface area contributed by atoms with Gasteiger partial charge in [-0.3, -0.25) is 4.79 Å². The maximum absolute atomic E-state index is 12.2. The molecule has 1 unspecified atom stereocenters. The standard InChI is InChI=1S/C15H20N4O2/c1-9(14-18-11-4-2-3-5-12(11)19-14)17-15(20)13-7-6-10(8-16)21-13/h2-5,9-10,13H,6-8,16H2,1H3,(H,17,20)(H,18,19)/t9?,10-,13+/m1/s1. The van der Waals surface area contributed by atoms with Gasteiger partial charge in [0.1, 0.15) is 11.9 Å². The summed E-state index contributed by atoms with van der Waals surface area (Å²) in [6.45, 7) is 2.37. The van der Waals surface area contributed by atoms with E-state index in [2.05, 4.69) is 15.3 Å². The third-order valence-corrected chi connectivity index (χ3v) is 3.84. The highest BCUT2D eigenvalue weighted by Gasteiger charge is 2.30. The molecule has 21 heavy (non-hydrogen) atoms. The molecule has 1 aliphatic heterocycles. The lowest BCUT2D eigenvalue weighted by atomic mass is 10.2. The number of H-pyrrole nitrogens is 1. The number of carbonyl (C=O) groups excluding carboxylic acids is 1. The van der Waals surface area contributed by atoms with Gasteiger partial charge in [-0.2, -0.15) is 0 Å². The van der Waals surface area contributed by atoms with Crippen LogP contribution in [0.3, 0.4) is 0 Å². The first kappa shape index (κ1) is 14.0. The molecule has 1 amide bonds. The van der Waals surface area contributed by atoms with Crippen molar-refractivity contribution >= 4 is 16.9 Å². The molecule has 3 rings (SSSR count). The monoisotopic (exact) mass is 288 g/mol. The van der Waals surface area contributed by atoms with E-state index in [9.17, 15) is 4.79 Å². The lowest BCUT2D eigenvalue weighted by Crippen LogP contribution is -2.37. The van der Waals surface area contributed by atoms with Crippen LogP contribution in [0.1, 0.15) is 31.6 Å². The third-order valence-electron chi connectivity index (χ3n) is 3.84. The number of nitrogens with zero attached hydrogens (tertiary/aromatic N) is 1. The number of aromatic nitrogens is 2. The average Bonchev–Trinajstić information content (AvgIpc) is 3.13. The molecule has 3 atom stereocenters. The van der Waals surface area contributed by atoms with E-state index in [4.69, 9.17) is 10.5 Å². The number of fused-ring (bicyclic) bond motifs is 1. The predicted octanol–water partition coefficient (Wildman–Crippen LogP) is 1.25. The maximum Gasteiger partial charge on any atom is 0.249 e. The normalized spacial score (nSPS) is 23.3. The quantitative estimate of drug-likeness (QED) is 0.789. The molecule has 0 saturated carbocycles. The Balaban J connectivity index is 1.65. The molecule has 1 fully saturated rings. The molecule has 112 valence electrons. The van der Waals surface area contributed by atoms with Crippen molar-refractivity contribution in [1.29, 1.82) is 0 Å². The predicted molar refractivity (Wildman–Crippen MR) is 79.6 cm³/mol. The van der Waals surface area contributed by atoms with E-state index in [0.29, 0.717) is 6.54 Å². The van der Waals surface area contributed by atoms with Crippen LogP contribution in [-0.2, 0) is 9.53 Å². The first-order chi connectivity index (χ1) is 10.2. The lowest BCUT2D eigenvalue weighted by Gasteiger charge is -2.16. The fourth-order valence-electron chi connectivity index (χ4n) is 2.62. The molecule has 1 saturated heterocycles. The minimum Gasteiger partial charge on any atom is -0.364 e. The van der Waals surface area contributed by atoms with Gasteiger partial charge < -0.3 is 20.8 Å². The van der Waals surface area contributed by atoms with E-state index in [1.165, 1.54) is 0 Å². The van der Waals surface area contributed by atoms with Crippen molar-refractivity contribution in [3.63, 3.8) is 0 Å². The van der Waals surface area contributed by atoms with Crippen LogP contribution >= 0.6 is 0 Å². The largest absolute Gasteiger partial charge is 0.364 e. The highest BCUT2D eigenvalue weighted by atomic mass is 16.5. The molecule has 6 nitrogen and oxygen atoms in total. The van der Waals surface area contributed by atoms with E-state index in [1.54, 1.807) is 0 Å². The number of rotatable bonds is 4. The summed E-state index contributed by atoms with van der Waals surface area (Å²) >= 11 is 0. The van der Waals surface area contributed by atoms with E-state index in [1.807, 2.05) is 31.2 Å². The number of hydrogen-bond acceptors (Lipinski definition) is 4. The summed E-state index contributed by atoms with van der Waals surface area (Å²) in [5.41, 5.74) is 7.42. The molecule has 0 spiro atoms. The zero-order valence-corrected chi connectivity index (χ0v) is 12.0. The highest BCUT2D eigenvalue weighted by molar-refractivity contribution is 5.81. The molecule has 4 N–H and O–H groups in total. The molecule has 1 aromatic carbocycles. The number of nitrogens with one attached hydrogen (secondary N) is 2. The SMILES string of the molecule is CC(NC(=O)[C@@H]1CC[C@H](CN)O1)c1nc2ccccc2[nH]1. The lowest BCUT2D eigenvalue weighted by molar-refractivity contribution is -0.132. The Morgan fingerprint density at radius 1 is 1.52 bits per heavy atom. The van der Waals surface area contributed by atoms with Crippen LogP contribution in [0.2, 0.25) is 0 Å². The van der Waals surface area contributed by atoms with Crippen LogP contribution in [0.4, 0.5) is 0 Å². The topological polar surface area (TPSA) is 93.0 Å². The molecule has 0 bridgehead atoms. The van der Waals surface area contributed by atoms with Gasteiger partial charge >= 0.3 is 0 Å². The minimum absolute atomic E-state index is 0.00209. The summed E-state index contributed by atoms with van der Waals surface area (Å²) in [7, 11) is 0. The van der Waals surface area contributed by atoms with Crippen molar-refractivity contribution in [2.45, 2.75) is 38.0 Å². The molecule has 1 aromatic heterocycles. The number of amides is 1. The van der Waals surface area contributed by atoms with Gasteiger partial charge in [0.15, 0.2) is 0 Å². The zero-order chi connectivity index (χ0) is 14.8. The summed E-state index contributed by atoms with van der Waals surface area (Å²) in [6, 6.07) is 7.61. The van der Waals surface area contributed by atoms with Crippen LogP contribution < -0.4 is 11.1 Å². The molecule has 1 aliphatic rings. The molecule has 2 heterocycles. The van der Waals surface area contributed by atoms with E-state index < -0.39 is 6.10 Å². The fourth-order valence-corrected chi connectivity index (χ4v) is 2.62. The second-order valence-corrected chi connectivity index (χ2v) is 5.43. The van der Waals surface area contributed by atoms with Gasteiger partial charge in [-0.25, -0.2) is 4.98 Å². The van der Waals surface area contributed by atoms with Gasteiger partial charge in [0, 0.05) is 6.54 Å². The zero-order valence-electron chi connectivity index (χ0n) is 12.0. The Hall–Kier alpha value is -1.92. The van der Waals surface area contributed by atoms with Gasteiger partial charge in [0.25, 0.3) is 0 Å². The van der Waals surface area contributed by atoms with Crippen LogP contribution in [-0.4, -0.2) is 34.6 Å². The molecular formula is C15H20N4O2. The molecule has 0 radical (unpaired) electrons. The number of aromatic amines is 1. The Morgan fingerprint density at radius 2 is 2.33 bits per heavy atom. The van der Waals surface area contributed by atoms with Crippen LogP contribution in [0.5, 0.6) is 0 Å². The van der Waals surface area contributed by atoms with Gasteiger partial charge in [-0.1, -0.05) is 12.1 Å². The summed E-state index contributed by atoms with van der Waals surface area (Å²) in [5, 5.41) is 2.95. The highest BCUT2D eigenvalue weighted by Crippen LogP contribution is 2.20. The number of nitrogens with two attached hydrogens (primary N) is 1. The first-order valence-corrected chi connectivity index (χ1v) is 7.28. The maximum atomic E-state index is 12.2. The number of imidazole rings is 1. The summed E-state index contributed by atoms with van der Waals surface area (Å²) in [5.74, 6) is 0.650. The smallest absolute Gasteiger partial charge is 0.249 e. The van der Waals surface area contributed by atoms with Gasteiger partial charge in [0.05, 0.1) is 23.2 Å². The number of hydrogen-bond donors (Lipinski definition) is 3. The fraction of sp³-hybridized carbons (Fsp3) is 0.467. The Bertz CT molecular complexity index is 606. The Labute approximate surface area is 123 Å². The van der Waals surface area contributed by atoms with Crippen LogP contribution in [0, 0.1) is 0 Å². The second kappa shape index (κ2) is 5.83. The molecule has 0 aliphatic carbocycles. The first-order valence-electron chi connectivity index (χ1n) is 7.28. The number of ether oxygens (including phenoxy) is 1. The van der Waals surface area contributed by atoms with Crippen molar-refractivity contribution < 1.29 is 9.53 Å². The van der Waals surface area contributed by atoms with Crippen molar-refractivity contribution in [3.8, 4) is 0 Å². The molecule has 2 aromatic rings. The number of carbonyl (C=O) groups is 1. The Kier molecular flexibility index (Phi) is 3.90. The second-order valence-electron chi connectivity index (χ2n) is 5.43. The van der Waals surface area contributed by atoms with Gasteiger partial charge in [-0.05, 0) is 31.9 Å². The van der Waals surface area contributed by atoms with Crippen LogP contribution in [0.25, 0.3) is 11.0 Å². The van der Waals surface area contributed by atoms with Crippen molar-refractivity contribution in [1.82, 2.24) is 15.3 Å².